The molecular formula is C20H27N5O2. The summed E-state index contributed by atoms with van der Waals surface area (Å²) in [6.45, 7) is 8.91. The molecule has 0 saturated carbocycles. The summed E-state index contributed by atoms with van der Waals surface area (Å²) >= 11 is 0. The van der Waals surface area contributed by atoms with Gasteiger partial charge >= 0.3 is 0 Å². The minimum absolute atomic E-state index is 0.163. The van der Waals surface area contributed by atoms with E-state index in [2.05, 4.69) is 56.3 Å². The van der Waals surface area contributed by atoms with Gasteiger partial charge in [-0.1, -0.05) is 12.1 Å². The van der Waals surface area contributed by atoms with Crippen LogP contribution < -0.4 is 15.1 Å². The fraction of sp³-hybridized carbons (Fsp3) is 0.500. The van der Waals surface area contributed by atoms with Gasteiger partial charge in [0.2, 0.25) is 0 Å². The summed E-state index contributed by atoms with van der Waals surface area (Å²) in [5.41, 5.74) is 2.49. The minimum atomic E-state index is 0.163. The molecule has 7 nitrogen and oxygen atoms in total. The third-order valence-electron chi connectivity index (χ3n) is 5.12. The lowest BCUT2D eigenvalue weighted by atomic mass is 10.1. The van der Waals surface area contributed by atoms with Crippen molar-refractivity contribution < 1.29 is 9.47 Å². The number of nitrogens with one attached hydrogen (secondary N) is 1. The molecule has 1 atom stereocenters. The number of aromatic nitrogens is 2. The molecule has 4 rings (SSSR count). The molecule has 1 aromatic heterocycles. The Hall–Kier alpha value is -2.38. The molecule has 0 amide bonds. The van der Waals surface area contributed by atoms with Gasteiger partial charge in [0.1, 0.15) is 18.0 Å². The van der Waals surface area contributed by atoms with Gasteiger partial charge in [-0.3, -0.25) is 0 Å². The van der Waals surface area contributed by atoms with Crippen LogP contribution in [-0.4, -0.2) is 62.6 Å². The van der Waals surface area contributed by atoms with Gasteiger partial charge in [0.25, 0.3) is 0 Å². The maximum absolute atomic E-state index is 5.43. The highest BCUT2D eigenvalue weighted by Gasteiger charge is 2.15. The summed E-state index contributed by atoms with van der Waals surface area (Å²) in [5.74, 6) is 1.79. The van der Waals surface area contributed by atoms with E-state index in [9.17, 15) is 0 Å². The third-order valence-corrected chi connectivity index (χ3v) is 5.12. The van der Waals surface area contributed by atoms with Gasteiger partial charge < -0.3 is 24.6 Å². The Morgan fingerprint density at radius 2 is 1.52 bits per heavy atom. The van der Waals surface area contributed by atoms with Gasteiger partial charge in [0.05, 0.1) is 26.4 Å². The average molecular weight is 369 g/mol. The Labute approximate surface area is 160 Å². The van der Waals surface area contributed by atoms with Crippen LogP contribution in [0.5, 0.6) is 0 Å². The van der Waals surface area contributed by atoms with Gasteiger partial charge in [0, 0.05) is 44.0 Å². The highest BCUT2D eigenvalue weighted by Crippen LogP contribution is 2.23. The molecule has 144 valence electrons. The number of benzene rings is 1. The van der Waals surface area contributed by atoms with Gasteiger partial charge in [-0.15, -0.1) is 0 Å². The molecule has 0 radical (unpaired) electrons. The van der Waals surface area contributed by atoms with Crippen molar-refractivity contribution in [3.8, 4) is 0 Å². The van der Waals surface area contributed by atoms with Crippen LogP contribution in [0, 0.1) is 0 Å². The molecule has 2 aromatic rings. The predicted molar refractivity (Wildman–Crippen MR) is 107 cm³/mol. The van der Waals surface area contributed by atoms with Crippen molar-refractivity contribution in [3.63, 3.8) is 0 Å². The first kappa shape index (κ1) is 18.0. The molecule has 0 bridgehead atoms. The van der Waals surface area contributed by atoms with Crippen molar-refractivity contribution in [3.05, 3.63) is 42.2 Å². The monoisotopic (exact) mass is 369 g/mol. The van der Waals surface area contributed by atoms with Crippen LogP contribution >= 0.6 is 0 Å². The van der Waals surface area contributed by atoms with Crippen molar-refractivity contribution in [2.24, 2.45) is 0 Å². The number of hydrogen-bond acceptors (Lipinski definition) is 7. The lowest BCUT2D eigenvalue weighted by molar-refractivity contribution is 0.122. The van der Waals surface area contributed by atoms with E-state index in [1.807, 2.05) is 6.07 Å². The van der Waals surface area contributed by atoms with E-state index >= 15 is 0 Å². The maximum Gasteiger partial charge on any atom is 0.134 e. The number of nitrogens with zero attached hydrogens (tertiary/aromatic N) is 4. The number of anilines is 3. The zero-order valence-electron chi connectivity index (χ0n) is 15.8. The minimum Gasteiger partial charge on any atom is -0.378 e. The van der Waals surface area contributed by atoms with Gasteiger partial charge in [-0.25, -0.2) is 9.97 Å². The van der Waals surface area contributed by atoms with E-state index in [-0.39, 0.29) is 6.04 Å². The van der Waals surface area contributed by atoms with Gasteiger partial charge in [0.15, 0.2) is 0 Å². The molecule has 2 fully saturated rings. The lowest BCUT2D eigenvalue weighted by Gasteiger charge is -2.29. The number of ether oxygens (including phenoxy) is 2. The Balaban J connectivity index is 1.40. The summed E-state index contributed by atoms with van der Waals surface area (Å²) in [6.07, 6.45) is 1.63. The molecule has 2 aliphatic heterocycles. The second kappa shape index (κ2) is 8.54. The second-order valence-corrected chi connectivity index (χ2v) is 6.92. The van der Waals surface area contributed by atoms with Crippen LogP contribution in [0.4, 0.5) is 17.3 Å². The highest BCUT2D eigenvalue weighted by atomic mass is 16.5. The molecule has 3 heterocycles. The van der Waals surface area contributed by atoms with Gasteiger partial charge in [-0.05, 0) is 24.6 Å². The molecule has 1 aromatic carbocycles. The average Bonchev–Trinajstić information content (AvgIpc) is 2.75. The van der Waals surface area contributed by atoms with Gasteiger partial charge in [-0.2, -0.15) is 0 Å². The fourth-order valence-corrected chi connectivity index (χ4v) is 3.49. The van der Waals surface area contributed by atoms with Crippen LogP contribution in [-0.2, 0) is 9.47 Å². The van der Waals surface area contributed by atoms with Crippen LogP contribution in [0.3, 0.4) is 0 Å². The molecule has 27 heavy (non-hydrogen) atoms. The first-order chi connectivity index (χ1) is 13.3. The molecule has 1 N–H and O–H groups in total. The molecule has 1 unspecified atom stereocenters. The topological polar surface area (TPSA) is 62.8 Å². The maximum atomic E-state index is 5.43. The van der Waals surface area contributed by atoms with Crippen LogP contribution in [0.1, 0.15) is 18.5 Å². The number of rotatable bonds is 5. The Morgan fingerprint density at radius 3 is 2.19 bits per heavy atom. The molecule has 2 aliphatic rings. The molecule has 0 spiro atoms. The summed E-state index contributed by atoms with van der Waals surface area (Å²) in [4.78, 5) is 13.4. The Bertz CT molecular complexity index is 727. The standard InChI is InChI=1S/C20H27N5O2/c1-16(17-2-4-18(5-3-17)24-6-10-26-11-7-24)23-19-14-20(22-15-21-19)25-8-12-27-13-9-25/h2-5,14-16H,6-13H2,1H3,(H,21,22,23). The second-order valence-electron chi connectivity index (χ2n) is 6.92. The van der Waals surface area contributed by atoms with Crippen molar-refractivity contribution in [1.82, 2.24) is 9.97 Å². The first-order valence-electron chi connectivity index (χ1n) is 9.63. The van der Waals surface area contributed by atoms with E-state index in [4.69, 9.17) is 9.47 Å². The summed E-state index contributed by atoms with van der Waals surface area (Å²) in [5, 5.41) is 3.49. The largest absolute Gasteiger partial charge is 0.378 e. The Morgan fingerprint density at radius 1 is 0.889 bits per heavy atom. The van der Waals surface area contributed by atoms with Crippen LogP contribution in [0.2, 0.25) is 0 Å². The SMILES string of the molecule is CC(Nc1cc(N2CCOCC2)ncn1)c1ccc(N2CCOCC2)cc1. The zero-order valence-corrected chi connectivity index (χ0v) is 15.8. The van der Waals surface area contributed by atoms with E-state index in [0.29, 0.717) is 0 Å². The lowest BCUT2D eigenvalue weighted by Crippen LogP contribution is -2.36. The molecule has 2 saturated heterocycles. The normalized spacial score (nSPS) is 19.0. The van der Waals surface area contributed by atoms with Crippen molar-refractivity contribution in [2.75, 3.05) is 67.7 Å². The summed E-state index contributed by atoms with van der Waals surface area (Å²) in [6, 6.07) is 10.9. The third kappa shape index (κ3) is 4.48. The first-order valence-corrected chi connectivity index (χ1v) is 9.63. The van der Waals surface area contributed by atoms with Crippen LogP contribution in [0.15, 0.2) is 36.7 Å². The van der Waals surface area contributed by atoms with E-state index in [1.165, 1.54) is 11.3 Å². The number of morpholine rings is 2. The molecule has 0 aliphatic carbocycles. The van der Waals surface area contributed by atoms with Crippen molar-refractivity contribution in [1.29, 1.82) is 0 Å². The summed E-state index contributed by atoms with van der Waals surface area (Å²) in [7, 11) is 0. The molecule has 7 heteroatoms. The van der Waals surface area contributed by atoms with E-state index < -0.39 is 0 Å². The Kier molecular flexibility index (Phi) is 5.69. The van der Waals surface area contributed by atoms with E-state index in [0.717, 1.165) is 64.2 Å². The van der Waals surface area contributed by atoms with Crippen molar-refractivity contribution >= 4 is 17.3 Å². The summed E-state index contributed by atoms with van der Waals surface area (Å²) < 4.78 is 10.8. The smallest absolute Gasteiger partial charge is 0.134 e. The van der Waals surface area contributed by atoms with Crippen LogP contribution in [0.25, 0.3) is 0 Å². The quantitative estimate of drug-likeness (QED) is 0.868. The number of hydrogen-bond donors (Lipinski definition) is 1. The highest BCUT2D eigenvalue weighted by molar-refractivity contribution is 5.51. The fourth-order valence-electron chi connectivity index (χ4n) is 3.49. The zero-order chi connectivity index (χ0) is 18.5. The van der Waals surface area contributed by atoms with Crippen molar-refractivity contribution in [2.45, 2.75) is 13.0 Å². The van der Waals surface area contributed by atoms with E-state index in [1.54, 1.807) is 6.33 Å². The molecular weight excluding hydrogens is 342 g/mol. The predicted octanol–water partition coefficient (Wildman–Crippen LogP) is 2.32.